The van der Waals surface area contributed by atoms with Gasteiger partial charge in [-0.05, 0) is 12.8 Å². The molecule has 13 heavy (non-hydrogen) atoms. The SMILES string of the molecule is CCC(=O)N1CCCC(C(=N)N)C1. The van der Waals surface area contributed by atoms with Crippen molar-refractivity contribution in [1.29, 1.82) is 5.41 Å². The van der Waals surface area contributed by atoms with Crippen molar-refractivity contribution in [3.8, 4) is 0 Å². The average molecular weight is 183 g/mol. The Bertz CT molecular complexity index is 215. The third kappa shape index (κ3) is 2.44. The van der Waals surface area contributed by atoms with Crippen molar-refractivity contribution in [2.24, 2.45) is 11.7 Å². The van der Waals surface area contributed by atoms with Gasteiger partial charge in [0.2, 0.25) is 5.91 Å². The molecule has 74 valence electrons. The van der Waals surface area contributed by atoms with Crippen LogP contribution in [0.25, 0.3) is 0 Å². The minimum atomic E-state index is 0.0873. The fourth-order valence-electron chi connectivity index (χ4n) is 1.68. The summed E-state index contributed by atoms with van der Waals surface area (Å²) in [5.41, 5.74) is 5.42. The van der Waals surface area contributed by atoms with Gasteiger partial charge in [-0.15, -0.1) is 0 Å². The normalized spacial score (nSPS) is 22.8. The van der Waals surface area contributed by atoms with Crippen LogP contribution in [0.15, 0.2) is 0 Å². The van der Waals surface area contributed by atoms with Crippen molar-refractivity contribution >= 4 is 11.7 Å². The van der Waals surface area contributed by atoms with Gasteiger partial charge in [-0.3, -0.25) is 10.2 Å². The fourth-order valence-corrected chi connectivity index (χ4v) is 1.68. The number of nitrogens with zero attached hydrogens (tertiary/aromatic N) is 1. The van der Waals surface area contributed by atoms with Gasteiger partial charge in [0.1, 0.15) is 0 Å². The summed E-state index contributed by atoms with van der Waals surface area (Å²) in [5.74, 6) is 0.476. The van der Waals surface area contributed by atoms with E-state index in [1.54, 1.807) is 0 Å². The highest BCUT2D eigenvalue weighted by atomic mass is 16.2. The summed E-state index contributed by atoms with van der Waals surface area (Å²) in [6, 6.07) is 0. The average Bonchev–Trinajstić information content (AvgIpc) is 2.17. The highest BCUT2D eigenvalue weighted by molar-refractivity contribution is 5.81. The van der Waals surface area contributed by atoms with E-state index in [2.05, 4.69) is 0 Å². The number of nitrogens with two attached hydrogens (primary N) is 1. The largest absolute Gasteiger partial charge is 0.387 e. The van der Waals surface area contributed by atoms with Gasteiger partial charge in [0.15, 0.2) is 0 Å². The lowest BCUT2D eigenvalue weighted by Crippen LogP contribution is -2.43. The van der Waals surface area contributed by atoms with E-state index in [1.807, 2.05) is 11.8 Å². The van der Waals surface area contributed by atoms with Crippen molar-refractivity contribution in [3.63, 3.8) is 0 Å². The standard InChI is InChI=1S/C9H17N3O/c1-2-8(13)12-5-3-4-7(6-12)9(10)11/h7H,2-6H2,1H3,(H3,10,11). The number of amidine groups is 1. The highest BCUT2D eigenvalue weighted by Gasteiger charge is 2.24. The van der Waals surface area contributed by atoms with E-state index >= 15 is 0 Å². The summed E-state index contributed by atoms with van der Waals surface area (Å²) in [6.45, 7) is 3.33. The van der Waals surface area contributed by atoms with E-state index in [9.17, 15) is 4.79 Å². The van der Waals surface area contributed by atoms with Crippen molar-refractivity contribution < 1.29 is 4.79 Å². The first-order chi connectivity index (χ1) is 6.15. The van der Waals surface area contributed by atoms with Crippen LogP contribution in [-0.4, -0.2) is 29.7 Å². The fraction of sp³-hybridized carbons (Fsp3) is 0.778. The van der Waals surface area contributed by atoms with E-state index in [0.717, 1.165) is 19.4 Å². The van der Waals surface area contributed by atoms with Gasteiger partial charge in [-0.1, -0.05) is 6.92 Å². The van der Waals surface area contributed by atoms with Crippen LogP contribution < -0.4 is 5.73 Å². The topological polar surface area (TPSA) is 70.2 Å². The van der Waals surface area contributed by atoms with Crippen LogP contribution in [0.1, 0.15) is 26.2 Å². The van der Waals surface area contributed by atoms with Crippen molar-refractivity contribution in [3.05, 3.63) is 0 Å². The van der Waals surface area contributed by atoms with Gasteiger partial charge in [-0.25, -0.2) is 0 Å². The van der Waals surface area contributed by atoms with Crippen LogP contribution in [0.2, 0.25) is 0 Å². The van der Waals surface area contributed by atoms with Gasteiger partial charge in [0, 0.05) is 25.4 Å². The van der Waals surface area contributed by atoms with Gasteiger partial charge >= 0.3 is 0 Å². The Morgan fingerprint density at radius 1 is 1.69 bits per heavy atom. The molecule has 1 rings (SSSR count). The van der Waals surface area contributed by atoms with Crippen LogP contribution in [-0.2, 0) is 4.79 Å². The summed E-state index contributed by atoms with van der Waals surface area (Å²) >= 11 is 0. The lowest BCUT2D eigenvalue weighted by Gasteiger charge is -2.31. The number of amides is 1. The lowest BCUT2D eigenvalue weighted by atomic mass is 9.97. The molecule has 1 fully saturated rings. The van der Waals surface area contributed by atoms with Crippen molar-refractivity contribution in [2.75, 3.05) is 13.1 Å². The second kappa shape index (κ2) is 4.25. The molecule has 0 aliphatic carbocycles. The molecule has 0 saturated carbocycles. The third-order valence-electron chi connectivity index (χ3n) is 2.52. The molecule has 1 aliphatic heterocycles. The Morgan fingerprint density at radius 3 is 2.92 bits per heavy atom. The zero-order chi connectivity index (χ0) is 9.84. The van der Waals surface area contributed by atoms with E-state index < -0.39 is 0 Å². The molecule has 1 atom stereocenters. The molecule has 0 radical (unpaired) electrons. The van der Waals surface area contributed by atoms with Gasteiger partial charge in [-0.2, -0.15) is 0 Å². The number of hydrogen-bond acceptors (Lipinski definition) is 2. The van der Waals surface area contributed by atoms with E-state index in [-0.39, 0.29) is 17.7 Å². The first-order valence-corrected chi connectivity index (χ1v) is 4.76. The van der Waals surface area contributed by atoms with Gasteiger partial charge in [0.25, 0.3) is 0 Å². The maximum absolute atomic E-state index is 11.3. The summed E-state index contributed by atoms with van der Waals surface area (Å²) in [7, 11) is 0. The molecular weight excluding hydrogens is 166 g/mol. The molecule has 0 spiro atoms. The quantitative estimate of drug-likeness (QED) is 0.485. The molecule has 1 aliphatic rings. The summed E-state index contributed by atoms with van der Waals surface area (Å²) < 4.78 is 0. The highest BCUT2D eigenvalue weighted by Crippen LogP contribution is 2.16. The molecule has 1 saturated heterocycles. The van der Waals surface area contributed by atoms with Crippen LogP contribution in [0.3, 0.4) is 0 Å². The van der Waals surface area contributed by atoms with Gasteiger partial charge < -0.3 is 10.6 Å². The summed E-state index contributed by atoms with van der Waals surface area (Å²) in [6.07, 6.45) is 2.46. The number of hydrogen-bond donors (Lipinski definition) is 2. The Hall–Kier alpha value is -1.06. The van der Waals surface area contributed by atoms with Crippen molar-refractivity contribution in [2.45, 2.75) is 26.2 Å². The molecule has 4 nitrogen and oxygen atoms in total. The second-order valence-electron chi connectivity index (χ2n) is 3.49. The number of likely N-dealkylation sites (tertiary alicyclic amines) is 1. The number of piperidine rings is 1. The minimum Gasteiger partial charge on any atom is -0.387 e. The number of nitrogens with one attached hydrogen (secondary N) is 1. The monoisotopic (exact) mass is 183 g/mol. The van der Waals surface area contributed by atoms with E-state index in [1.165, 1.54) is 0 Å². The Balaban J connectivity index is 2.51. The van der Waals surface area contributed by atoms with Crippen molar-refractivity contribution in [1.82, 2.24) is 4.90 Å². The number of carbonyl (C=O) groups is 1. The van der Waals surface area contributed by atoms with Crippen LogP contribution in [0.5, 0.6) is 0 Å². The predicted octanol–water partition coefficient (Wildman–Crippen LogP) is 0.571. The zero-order valence-corrected chi connectivity index (χ0v) is 8.05. The molecule has 1 unspecified atom stereocenters. The first-order valence-electron chi connectivity index (χ1n) is 4.76. The van der Waals surface area contributed by atoms with Crippen LogP contribution in [0.4, 0.5) is 0 Å². The number of rotatable bonds is 2. The van der Waals surface area contributed by atoms with E-state index in [4.69, 9.17) is 11.1 Å². The molecule has 3 N–H and O–H groups in total. The lowest BCUT2D eigenvalue weighted by molar-refractivity contribution is -0.132. The maximum atomic E-state index is 11.3. The smallest absolute Gasteiger partial charge is 0.222 e. The molecule has 0 aromatic rings. The first kappa shape index (κ1) is 10.0. The second-order valence-corrected chi connectivity index (χ2v) is 3.49. The maximum Gasteiger partial charge on any atom is 0.222 e. The summed E-state index contributed by atoms with van der Waals surface area (Å²) in [4.78, 5) is 13.2. The molecule has 4 heteroatoms. The molecule has 0 aromatic heterocycles. The zero-order valence-electron chi connectivity index (χ0n) is 8.05. The number of carbonyl (C=O) groups excluding carboxylic acids is 1. The van der Waals surface area contributed by atoms with Crippen LogP contribution in [0, 0.1) is 11.3 Å². The predicted molar refractivity (Wildman–Crippen MR) is 51.5 cm³/mol. The summed E-state index contributed by atoms with van der Waals surface area (Å²) in [5, 5.41) is 7.32. The molecule has 0 aromatic carbocycles. The van der Waals surface area contributed by atoms with Gasteiger partial charge in [0.05, 0.1) is 5.84 Å². The molecular formula is C9H17N3O. The molecule has 1 amide bonds. The van der Waals surface area contributed by atoms with Crippen LogP contribution >= 0.6 is 0 Å². The minimum absolute atomic E-state index is 0.0873. The Labute approximate surface area is 78.6 Å². The Morgan fingerprint density at radius 2 is 2.38 bits per heavy atom. The van der Waals surface area contributed by atoms with E-state index in [0.29, 0.717) is 13.0 Å². The third-order valence-corrected chi connectivity index (χ3v) is 2.52. The molecule has 0 bridgehead atoms. The Kier molecular flexibility index (Phi) is 3.28. The molecule has 1 heterocycles.